The van der Waals surface area contributed by atoms with E-state index < -0.39 is 30.0 Å². The number of pyridine rings is 1. The van der Waals surface area contributed by atoms with Crippen LogP contribution in [0.2, 0.25) is 0 Å². The number of nitrogens with one attached hydrogen (secondary N) is 2. The fourth-order valence-electron chi connectivity index (χ4n) is 4.76. The molecule has 1 amide bonds. The topological polar surface area (TPSA) is 245 Å². The molecular weight excluding hydrogens is 627 g/mol. The van der Waals surface area contributed by atoms with E-state index in [-0.39, 0.29) is 24.4 Å². The Kier molecular flexibility index (Phi) is 12.9. The summed E-state index contributed by atoms with van der Waals surface area (Å²) >= 11 is 0. The normalized spacial score (nSPS) is 14.9. The van der Waals surface area contributed by atoms with Crippen molar-refractivity contribution in [1.29, 1.82) is 0 Å². The summed E-state index contributed by atoms with van der Waals surface area (Å²) in [4.78, 5) is 54.6. The number of aliphatic hydroxyl groups excluding tert-OH is 1. The number of piperidine rings is 1. The number of methoxy groups -OCH3 is 1. The number of aliphatic carboxylic acids is 4. The molecular formula is C30H33FN4O12. The maximum absolute atomic E-state index is 14.5. The molecule has 5 rings (SSSR count). The van der Waals surface area contributed by atoms with Crippen LogP contribution < -0.4 is 20.1 Å². The molecule has 2 aromatic carbocycles. The number of hydrogen-bond acceptors (Lipinski definition) is 11. The van der Waals surface area contributed by atoms with Gasteiger partial charge in [-0.15, -0.1) is 0 Å². The summed E-state index contributed by atoms with van der Waals surface area (Å²) in [5, 5.41) is 47.6. The third-order valence-electron chi connectivity index (χ3n) is 7.09. The van der Waals surface area contributed by atoms with Crippen molar-refractivity contribution >= 4 is 46.4 Å². The SMILES string of the molecule is COc1ccc2nccc([C@@H](O)CN3CCC(NCc4cc5c(cc4F)OCC(=O)N5)CC3)c2c1.O=C(O)C(=O)O.O=C(O)C(=O)O. The number of β-amino-alcohol motifs (C(OH)–C–C–N with tert-alkyl or cyclic N) is 1. The number of anilines is 1. The molecule has 3 heterocycles. The molecule has 1 fully saturated rings. The van der Waals surface area contributed by atoms with Crippen molar-refractivity contribution in [3.05, 3.63) is 59.5 Å². The van der Waals surface area contributed by atoms with Gasteiger partial charge in [-0.3, -0.25) is 9.78 Å². The predicted molar refractivity (Wildman–Crippen MR) is 161 cm³/mol. The minimum atomic E-state index is -1.82. The van der Waals surface area contributed by atoms with Gasteiger partial charge in [0, 0.05) is 42.3 Å². The molecule has 2 aliphatic rings. The molecule has 252 valence electrons. The number of carbonyl (C=O) groups is 5. The van der Waals surface area contributed by atoms with Gasteiger partial charge in [0.1, 0.15) is 17.3 Å². The molecule has 16 nitrogen and oxygen atoms in total. The summed E-state index contributed by atoms with van der Waals surface area (Å²) in [6.45, 7) is 2.47. The van der Waals surface area contributed by atoms with Gasteiger partial charge in [0.2, 0.25) is 0 Å². The molecule has 3 aromatic rings. The molecule has 2 aliphatic heterocycles. The van der Waals surface area contributed by atoms with Gasteiger partial charge in [0.05, 0.1) is 24.4 Å². The summed E-state index contributed by atoms with van der Waals surface area (Å²) in [5.41, 5.74) is 2.66. The van der Waals surface area contributed by atoms with Crippen LogP contribution in [0.4, 0.5) is 10.1 Å². The Morgan fingerprint density at radius 3 is 2.28 bits per heavy atom. The number of aromatic nitrogens is 1. The number of hydrogen-bond donors (Lipinski definition) is 7. The Morgan fingerprint density at radius 1 is 1.04 bits per heavy atom. The van der Waals surface area contributed by atoms with E-state index in [2.05, 4.69) is 20.5 Å². The summed E-state index contributed by atoms with van der Waals surface area (Å²) in [6, 6.07) is 10.7. The molecule has 1 saturated heterocycles. The van der Waals surface area contributed by atoms with Crippen LogP contribution in [0.3, 0.4) is 0 Å². The third-order valence-corrected chi connectivity index (χ3v) is 7.09. The first kappa shape index (κ1) is 36.1. The second-order valence-electron chi connectivity index (χ2n) is 10.3. The highest BCUT2D eigenvalue weighted by Crippen LogP contribution is 2.31. The van der Waals surface area contributed by atoms with Crippen LogP contribution in [0.5, 0.6) is 11.5 Å². The standard InChI is InChI=1S/C26H29FN4O4.2C2H2O4/c1-34-18-2-3-22-20(11-18)19(4-7-28-22)24(32)14-31-8-5-17(6-9-31)29-13-16-10-23-25(12-21(16)27)35-15-26(33)30-23;2*3-1(4)2(5)6/h2-4,7,10-12,17,24,29,32H,5-6,8-9,13-15H2,1H3,(H,30,33);2*(H,3,4)(H,5,6)/t24-;;/m0../s1. The van der Waals surface area contributed by atoms with Crippen molar-refractivity contribution in [1.82, 2.24) is 15.2 Å². The molecule has 0 radical (unpaired) electrons. The predicted octanol–water partition coefficient (Wildman–Crippen LogP) is 1.31. The van der Waals surface area contributed by atoms with Gasteiger partial charge in [0.15, 0.2) is 6.61 Å². The lowest BCUT2D eigenvalue weighted by atomic mass is 10.0. The number of nitrogens with zero attached hydrogens (tertiary/aromatic N) is 2. The van der Waals surface area contributed by atoms with Gasteiger partial charge in [-0.25, -0.2) is 23.6 Å². The highest BCUT2D eigenvalue weighted by Gasteiger charge is 2.24. The molecule has 7 N–H and O–H groups in total. The molecule has 0 unspecified atom stereocenters. The number of amides is 1. The quantitative estimate of drug-likeness (QED) is 0.177. The Balaban J connectivity index is 0.000000428. The van der Waals surface area contributed by atoms with Crippen LogP contribution in [0, 0.1) is 5.82 Å². The van der Waals surface area contributed by atoms with Crippen LogP contribution in [0.15, 0.2) is 42.6 Å². The van der Waals surface area contributed by atoms with Gasteiger partial charge in [-0.05, 0) is 61.8 Å². The van der Waals surface area contributed by atoms with E-state index in [1.54, 1.807) is 19.4 Å². The number of rotatable bonds is 7. The number of aliphatic hydroxyl groups is 1. The summed E-state index contributed by atoms with van der Waals surface area (Å²) in [7, 11) is 1.62. The van der Waals surface area contributed by atoms with Crippen molar-refractivity contribution in [2.45, 2.75) is 31.5 Å². The lowest BCUT2D eigenvalue weighted by molar-refractivity contribution is -0.159. The molecule has 47 heavy (non-hydrogen) atoms. The minimum absolute atomic E-state index is 0.0944. The number of likely N-dealkylation sites (tertiary alicyclic amines) is 1. The molecule has 0 saturated carbocycles. The molecule has 1 atom stereocenters. The zero-order valence-corrected chi connectivity index (χ0v) is 25.0. The van der Waals surface area contributed by atoms with Gasteiger partial charge in [-0.2, -0.15) is 0 Å². The number of carboxylic acid groups (broad SMARTS) is 4. The average molecular weight is 661 g/mol. The Morgan fingerprint density at radius 2 is 1.68 bits per heavy atom. The first-order valence-electron chi connectivity index (χ1n) is 14.0. The van der Waals surface area contributed by atoms with Gasteiger partial charge in [0.25, 0.3) is 5.91 Å². The van der Waals surface area contributed by atoms with E-state index in [0.717, 1.165) is 48.1 Å². The molecule has 17 heteroatoms. The maximum Gasteiger partial charge on any atom is 0.414 e. The fraction of sp³-hybridized carbons (Fsp3) is 0.333. The van der Waals surface area contributed by atoms with Crippen molar-refractivity contribution in [3.63, 3.8) is 0 Å². The monoisotopic (exact) mass is 660 g/mol. The smallest absolute Gasteiger partial charge is 0.414 e. The summed E-state index contributed by atoms with van der Waals surface area (Å²) in [6.07, 6.45) is 2.87. The second kappa shape index (κ2) is 16.8. The highest BCUT2D eigenvalue weighted by atomic mass is 19.1. The van der Waals surface area contributed by atoms with Gasteiger partial charge in [-0.1, -0.05) is 0 Å². The lowest BCUT2D eigenvalue weighted by Crippen LogP contribution is -2.43. The summed E-state index contributed by atoms with van der Waals surface area (Å²) < 4.78 is 25.1. The van der Waals surface area contributed by atoms with Crippen LogP contribution in [0.1, 0.15) is 30.1 Å². The van der Waals surface area contributed by atoms with Crippen molar-refractivity contribution < 1.29 is 63.4 Å². The number of carboxylic acids is 4. The minimum Gasteiger partial charge on any atom is -0.497 e. The largest absolute Gasteiger partial charge is 0.497 e. The maximum atomic E-state index is 14.5. The zero-order valence-electron chi connectivity index (χ0n) is 25.0. The Hall–Kier alpha value is -5.39. The number of halogens is 1. The van der Waals surface area contributed by atoms with E-state index >= 15 is 0 Å². The van der Waals surface area contributed by atoms with Crippen molar-refractivity contribution in [2.24, 2.45) is 0 Å². The third kappa shape index (κ3) is 10.6. The van der Waals surface area contributed by atoms with Crippen LogP contribution in [-0.4, -0.2) is 105 Å². The summed E-state index contributed by atoms with van der Waals surface area (Å²) in [5.74, 6) is -6.80. The second-order valence-corrected chi connectivity index (χ2v) is 10.3. The fourth-order valence-corrected chi connectivity index (χ4v) is 4.76. The number of ether oxygens (including phenoxy) is 2. The first-order valence-corrected chi connectivity index (χ1v) is 14.0. The van der Waals surface area contributed by atoms with E-state index in [9.17, 15) is 14.3 Å². The van der Waals surface area contributed by atoms with E-state index in [1.807, 2.05) is 24.3 Å². The zero-order chi connectivity index (χ0) is 34.7. The molecule has 1 aromatic heterocycles. The molecule has 0 bridgehead atoms. The highest BCUT2D eigenvalue weighted by molar-refractivity contribution is 6.27. The molecule has 0 aliphatic carbocycles. The van der Waals surface area contributed by atoms with Gasteiger partial charge >= 0.3 is 23.9 Å². The van der Waals surface area contributed by atoms with Gasteiger partial charge < -0.3 is 50.5 Å². The van der Waals surface area contributed by atoms with Crippen LogP contribution in [0.25, 0.3) is 10.9 Å². The Bertz CT molecular complexity index is 1580. The van der Waals surface area contributed by atoms with Crippen LogP contribution >= 0.6 is 0 Å². The average Bonchev–Trinajstić information content (AvgIpc) is 3.04. The Labute approximate surface area is 266 Å². The van der Waals surface area contributed by atoms with Crippen molar-refractivity contribution in [3.8, 4) is 11.5 Å². The number of fused-ring (bicyclic) bond motifs is 2. The van der Waals surface area contributed by atoms with Crippen LogP contribution in [-0.2, 0) is 30.5 Å². The number of carbonyl (C=O) groups excluding carboxylic acids is 1. The lowest BCUT2D eigenvalue weighted by Gasteiger charge is -2.34. The molecule has 0 spiro atoms. The number of benzene rings is 2. The van der Waals surface area contributed by atoms with E-state index in [1.165, 1.54) is 6.07 Å². The van der Waals surface area contributed by atoms with E-state index in [4.69, 9.17) is 49.1 Å². The first-order chi connectivity index (χ1) is 22.3. The van der Waals surface area contributed by atoms with E-state index in [0.29, 0.717) is 30.1 Å². The van der Waals surface area contributed by atoms with Crippen molar-refractivity contribution in [2.75, 3.05) is 38.7 Å².